The van der Waals surface area contributed by atoms with Crippen LogP contribution in [0.4, 0.5) is 24.5 Å². The lowest BCUT2D eigenvalue weighted by Gasteiger charge is -2.38. The molecule has 5 nitrogen and oxygen atoms in total. The van der Waals surface area contributed by atoms with Gasteiger partial charge in [0.25, 0.3) is 0 Å². The molecule has 0 N–H and O–H groups in total. The molecule has 0 aliphatic carbocycles. The number of rotatable bonds is 4. The third kappa shape index (κ3) is 4.83. The summed E-state index contributed by atoms with van der Waals surface area (Å²) in [5.41, 5.74) is 2.73. The van der Waals surface area contributed by atoms with Crippen LogP contribution < -0.4 is 14.5 Å². The van der Waals surface area contributed by atoms with Crippen molar-refractivity contribution in [3.05, 3.63) is 54.1 Å². The van der Waals surface area contributed by atoms with Crippen LogP contribution in [0.15, 0.2) is 48.5 Å². The van der Waals surface area contributed by atoms with Crippen molar-refractivity contribution in [2.75, 3.05) is 36.0 Å². The summed E-state index contributed by atoms with van der Waals surface area (Å²) in [6, 6.07) is 13.3. The molecule has 0 aromatic heterocycles. The largest absolute Gasteiger partial charge is 0.573 e. The van der Waals surface area contributed by atoms with E-state index in [0.29, 0.717) is 37.6 Å². The minimum absolute atomic E-state index is 0.00374. The van der Waals surface area contributed by atoms with Crippen LogP contribution in [0.25, 0.3) is 0 Å². The second-order valence-electron chi connectivity index (χ2n) is 7.69. The molecule has 2 aliphatic rings. The smallest absolute Gasteiger partial charge is 0.406 e. The lowest BCUT2D eigenvalue weighted by Crippen LogP contribution is -2.52. The third-order valence-electron chi connectivity index (χ3n) is 5.61. The highest BCUT2D eigenvalue weighted by Gasteiger charge is 2.41. The fourth-order valence-corrected chi connectivity index (χ4v) is 4.37. The average Bonchev–Trinajstić information content (AvgIpc) is 3.02. The number of alkyl halides is 3. The van der Waals surface area contributed by atoms with Gasteiger partial charge in [-0.15, -0.1) is 13.2 Å². The second kappa shape index (κ2) is 8.47. The highest BCUT2D eigenvalue weighted by Crippen LogP contribution is 2.29. The molecule has 2 fully saturated rings. The van der Waals surface area contributed by atoms with Crippen molar-refractivity contribution in [2.45, 2.75) is 25.7 Å². The number of anilines is 2. The molecule has 0 spiro atoms. The van der Waals surface area contributed by atoms with E-state index in [9.17, 15) is 18.0 Å². The van der Waals surface area contributed by atoms with E-state index in [1.54, 1.807) is 17.0 Å². The number of benzene rings is 2. The molecule has 2 aromatic carbocycles. The maximum Gasteiger partial charge on any atom is 0.573 e. The van der Waals surface area contributed by atoms with E-state index in [0.717, 1.165) is 16.9 Å². The van der Waals surface area contributed by atoms with E-state index >= 15 is 0 Å². The van der Waals surface area contributed by atoms with Crippen molar-refractivity contribution in [1.29, 1.82) is 0 Å². The first-order valence-corrected chi connectivity index (χ1v) is 10.4. The molecular weight excluding hydrogens is 427 g/mol. The van der Waals surface area contributed by atoms with Gasteiger partial charge in [-0.25, -0.2) is 0 Å². The van der Waals surface area contributed by atoms with E-state index < -0.39 is 6.36 Å². The van der Waals surface area contributed by atoms with Crippen molar-refractivity contribution >= 4 is 34.5 Å². The van der Waals surface area contributed by atoms with Crippen LogP contribution in [0.3, 0.4) is 0 Å². The zero-order valence-corrected chi connectivity index (χ0v) is 17.7. The van der Waals surface area contributed by atoms with E-state index in [-0.39, 0.29) is 17.7 Å². The number of aryl methyl sites for hydroxylation is 1. The summed E-state index contributed by atoms with van der Waals surface area (Å²) in [5.74, 6) is -0.243. The Morgan fingerprint density at radius 3 is 2.10 bits per heavy atom. The minimum atomic E-state index is -4.70. The van der Waals surface area contributed by atoms with Gasteiger partial charge in [0.05, 0.1) is 11.0 Å². The summed E-state index contributed by atoms with van der Waals surface area (Å²) in [6.07, 6.45) is -4.18. The van der Waals surface area contributed by atoms with Crippen LogP contribution in [-0.2, 0) is 4.79 Å². The summed E-state index contributed by atoms with van der Waals surface area (Å²) in [5, 5.41) is 0. The Hall–Kier alpha value is -2.65. The van der Waals surface area contributed by atoms with Crippen LogP contribution in [0.1, 0.15) is 12.0 Å². The maximum absolute atomic E-state index is 13.1. The fourth-order valence-electron chi connectivity index (χ4n) is 4.02. The Bertz CT molecular complexity index is 955. The maximum atomic E-state index is 13.1. The normalized spacial score (nSPS) is 20.5. The zero-order valence-electron chi connectivity index (χ0n) is 16.9. The van der Waals surface area contributed by atoms with Crippen molar-refractivity contribution in [3.8, 4) is 5.75 Å². The molecule has 164 valence electrons. The Kier molecular flexibility index (Phi) is 5.90. The van der Waals surface area contributed by atoms with Gasteiger partial charge in [0.2, 0.25) is 5.91 Å². The van der Waals surface area contributed by atoms with Crippen LogP contribution in [0.5, 0.6) is 5.75 Å². The average molecular weight is 449 g/mol. The summed E-state index contributed by atoms with van der Waals surface area (Å²) in [7, 11) is 0. The molecule has 2 saturated heterocycles. The Morgan fingerprint density at radius 1 is 0.935 bits per heavy atom. The first kappa shape index (κ1) is 21.6. The van der Waals surface area contributed by atoms with E-state index in [2.05, 4.69) is 14.5 Å². The first-order chi connectivity index (χ1) is 14.7. The molecule has 2 aliphatic heterocycles. The van der Waals surface area contributed by atoms with Gasteiger partial charge in [0.1, 0.15) is 5.75 Å². The van der Waals surface area contributed by atoms with Crippen molar-refractivity contribution in [1.82, 2.24) is 4.90 Å². The number of amides is 1. The molecule has 31 heavy (non-hydrogen) atoms. The second-order valence-corrected chi connectivity index (χ2v) is 8.16. The monoisotopic (exact) mass is 449 g/mol. The number of hydrogen-bond donors (Lipinski definition) is 0. The van der Waals surface area contributed by atoms with Crippen LogP contribution >= 0.6 is 12.2 Å². The quantitative estimate of drug-likeness (QED) is 0.656. The SMILES string of the molecule is Cc1ccc(N2C(=O)C(N3CCN(c4ccc(OC(F)(F)F)cc4)CC3)CC2=S)cc1. The van der Waals surface area contributed by atoms with Gasteiger partial charge in [0, 0.05) is 44.0 Å². The van der Waals surface area contributed by atoms with Crippen molar-refractivity contribution in [2.24, 2.45) is 0 Å². The number of carbonyl (C=O) groups is 1. The molecule has 0 bridgehead atoms. The number of ether oxygens (including phenoxy) is 1. The minimum Gasteiger partial charge on any atom is -0.406 e. The molecule has 1 atom stereocenters. The molecule has 4 rings (SSSR count). The number of halogens is 3. The number of nitrogens with zero attached hydrogens (tertiary/aromatic N) is 3. The van der Waals surface area contributed by atoms with Gasteiger partial charge in [-0.1, -0.05) is 29.9 Å². The van der Waals surface area contributed by atoms with Crippen LogP contribution in [-0.4, -0.2) is 54.4 Å². The summed E-state index contributed by atoms with van der Waals surface area (Å²) in [4.78, 5) is 19.6. The number of thiocarbonyl (C=S) groups is 1. The Morgan fingerprint density at radius 2 is 1.52 bits per heavy atom. The highest BCUT2D eigenvalue weighted by molar-refractivity contribution is 7.80. The first-order valence-electron chi connectivity index (χ1n) is 9.99. The predicted octanol–water partition coefficient (Wildman–Crippen LogP) is 4.15. The Labute approximate surface area is 184 Å². The van der Waals surface area contributed by atoms with Crippen LogP contribution in [0.2, 0.25) is 0 Å². The molecule has 2 heterocycles. The van der Waals surface area contributed by atoms with Gasteiger partial charge < -0.3 is 9.64 Å². The topological polar surface area (TPSA) is 36.0 Å². The third-order valence-corrected chi connectivity index (χ3v) is 5.95. The number of piperazine rings is 1. The molecule has 2 aromatic rings. The van der Waals surface area contributed by atoms with E-state index in [1.807, 2.05) is 31.2 Å². The lowest BCUT2D eigenvalue weighted by molar-refractivity contribution is -0.274. The molecule has 0 saturated carbocycles. The molecule has 1 unspecified atom stereocenters. The summed E-state index contributed by atoms with van der Waals surface area (Å²) < 4.78 is 40.9. The van der Waals surface area contributed by atoms with Gasteiger partial charge in [-0.2, -0.15) is 0 Å². The van der Waals surface area contributed by atoms with E-state index in [1.165, 1.54) is 12.1 Å². The summed E-state index contributed by atoms with van der Waals surface area (Å²) >= 11 is 5.50. The molecule has 9 heteroatoms. The summed E-state index contributed by atoms with van der Waals surface area (Å²) in [6.45, 7) is 4.66. The zero-order chi connectivity index (χ0) is 22.2. The molecule has 0 radical (unpaired) electrons. The predicted molar refractivity (Wildman–Crippen MR) is 117 cm³/mol. The van der Waals surface area contributed by atoms with Crippen LogP contribution in [0, 0.1) is 6.92 Å². The highest BCUT2D eigenvalue weighted by atomic mass is 32.1. The Balaban J connectivity index is 1.37. The van der Waals surface area contributed by atoms with Gasteiger partial charge in [0.15, 0.2) is 0 Å². The number of hydrogen-bond acceptors (Lipinski definition) is 5. The van der Waals surface area contributed by atoms with E-state index in [4.69, 9.17) is 12.2 Å². The standard InChI is InChI=1S/C22H22F3N3O2S/c1-15-2-4-17(5-3-15)28-20(31)14-19(21(28)29)27-12-10-26(11-13-27)16-6-8-18(9-7-16)30-22(23,24)25/h2-9,19H,10-14H2,1H3. The molecular formula is C22H22F3N3O2S. The van der Waals surface area contributed by atoms with Gasteiger partial charge >= 0.3 is 6.36 Å². The lowest BCUT2D eigenvalue weighted by atomic mass is 10.1. The fraction of sp³-hybridized carbons (Fsp3) is 0.364. The van der Waals surface area contributed by atoms with Crippen molar-refractivity contribution < 1.29 is 22.7 Å². The molecule has 1 amide bonds. The van der Waals surface area contributed by atoms with Gasteiger partial charge in [-0.05, 0) is 43.3 Å². The van der Waals surface area contributed by atoms with Gasteiger partial charge in [-0.3, -0.25) is 14.6 Å². The number of carbonyl (C=O) groups excluding carboxylic acids is 1. The van der Waals surface area contributed by atoms with Crippen molar-refractivity contribution in [3.63, 3.8) is 0 Å².